The number of phenolic OH excluding ortho intramolecular Hbond substituents is 1. The molecule has 0 aliphatic carbocycles. The number of nitrogens with one attached hydrogen (secondary N) is 2. The van der Waals surface area contributed by atoms with Crippen molar-refractivity contribution in [3.63, 3.8) is 0 Å². The fourth-order valence-corrected chi connectivity index (χ4v) is 2.34. The Bertz CT molecular complexity index is 829. The van der Waals surface area contributed by atoms with Gasteiger partial charge in [-0.3, -0.25) is 5.32 Å². The van der Waals surface area contributed by atoms with E-state index in [-0.39, 0.29) is 22.6 Å². The maximum absolute atomic E-state index is 9.87. The van der Waals surface area contributed by atoms with E-state index in [9.17, 15) is 5.11 Å². The van der Waals surface area contributed by atoms with Crippen molar-refractivity contribution in [1.82, 2.24) is 9.78 Å². The molecule has 0 bridgehead atoms. The Morgan fingerprint density at radius 3 is 2.77 bits per heavy atom. The van der Waals surface area contributed by atoms with Crippen molar-refractivity contribution in [2.45, 2.75) is 13.1 Å². The largest absolute Gasteiger partial charge is 0.507 e. The Hall–Kier alpha value is -2.67. The summed E-state index contributed by atoms with van der Waals surface area (Å²) in [6.45, 7) is 1.91. The van der Waals surface area contributed by atoms with Crippen LogP contribution in [0.1, 0.15) is 13.1 Å². The highest BCUT2D eigenvalue weighted by atomic mass is 32.1. The van der Waals surface area contributed by atoms with Crippen LogP contribution >= 0.6 is 12.2 Å². The summed E-state index contributed by atoms with van der Waals surface area (Å²) in [5, 5.41) is 17.5. The van der Waals surface area contributed by atoms with E-state index in [1.54, 1.807) is 28.9 Å². The van der Waals surface area contributed by atoms with Crippen LogP contribution in [0.25, 0.3) is 11.5 Å². The molecule has 0 radical (unpaired) electrons. The van der Waals surface area contributed by atoms with Crippen LogP contribution in [0.3, 0.4) is 0 Å². The molecule has 3 rings (SSSR count). The first kappa shape index (κ1) is 14.3. The van der Waals surface area contributed by atoms with E-state index in [4.69, 9.17) is 16.6 Å². The number of benzene rings is 1. The molecule has 3 aromatic rings. The maximum atomic E-state index is 9.87. The van der Waals surface area contributed by atoms with Gasteiger partial charge >= 0.3 is 0 Å². The number of anilines is 1. The monoisotopic (exact) mass is 315 g/mol. The van der Waals surface area contributed by atoms with Gasteiger partial charge in [0.05, 0.1) is 11.8 Å². The summed E-state index contributed by atoms with van der Waals surface area (Å²) in [4.78, 5) is 3.31. The number of aromatic hydroxyl groups is 1. The molecule has 1 aromatic carbocycles. The molecular weight excluding hydrogens is 300 g/mol. The molecule has 0 spiro atoms. The van der Waals surface area contributed by atoms with E-state index in [1.165, 1.54) is 0 Å². The molecule has 6 nitrogen and oxygen atoms in total. The van der Waals surface area contributed by atoms with Crippen molar-refractivity contribution in [2.24, 2.45) is 0 Å². The van der Waals surface area contributed by atoms with Gasteiger partial charge in [-0.1, -0.05) is 18.2 Å². The third-order valence-corrected chi connectivity index (χ3v) is 3.41. The third kappa shape index (κ3) is 2.84. The second-order valence-corrected chi connectivity index (χ2v) is 5.08. The van der Waals surface area contributed by atoms with Crippen molar-refractivity contribution in [3.8, 4) is 17.2 Å². The maximum Gasteiger partial charge on any atom is 0.291 e. The molecule has 1 atom stereocenters. The Labute approximate surface area is 132 Å². The van der Waals surface area contributed by atoms with Crippen LogP contribution in [0.15, 0.2) is 53.1 Å². The summed E-state index contributed by atoms with van der Waals surface area (Å²) in [6, 6.07) is 12.6. The van der Waals surface area contributed by atoms with Crippen molar-refractivity contribution >= 4 is 18.0 Å². The second kappa shape index (κ2) is 5.98. The summed E-state index contributed by atoms with van der Waals surface area (Å²) in [5.74, 6) is 1.22. The smallest absolute Gasteiger partial charge is 0.291 e. The summed E-state index contributed by atoms with van der Waals surface area (Å²) in [5.41, 5.74) is 0.505. The minimum atomic E-state index is -0.213. The quantitative estimate of drug-likeness (QED) is 0.724. The van der Waals surface area contributed by atoms with Crippen molar-refractivity contribution in [3.05, 3.63) is 53.5 Å². The number of nitrogens with zero attached hydrogens (tertiary/aromatic N) is 2. The number of aromatic amines is 1. The van der Waals surface area contributed by atoms with Crippen molar-refractivity contribution in [1.29, 1.82) is 0 Å². The molecule has 0 aliphatic rings. The zero-order valence-electron chi connectivity index (χ0n) is 11.9. The summed E-state index contributed by atoms with van der Waals surface area (Å²) in [6.07, 6.45) is 1.61. The lowest BCUT2D eigenvalue weighted by Crippen LogP contribution is -2.21. The van der Waals surface area contributed by atoms with Gasteiger partial charge in [0.2, 0.25) is 0 Å². The molecule has 2 aromatic heterocycles. The number of para-hydroxylation sites is 1. The van der Waals surface area contributed by atoms with E-state index in [0.29, 0.717) is 5.56 Å². The summed E-state index contributed by atoms with van der Waals surface area (Å²) < 4.78 is 7.05. The number of hydrogen-bond acceptors (Lipinski definition) is 5. The van der Waals surface area contributed by atoms with Crippen LogP contribution in [-0.2, 0) is 0 Å². The summed E-state index contributed by atoms with van der Waals surface area (Å²) >= 11 is 5.21. The number of phenols is 1. The number of pyridine rings is 1. The molecule has 22 heavy (non-hydrogen) atoms. The van der Waals surface area contributed by atoms with Gasteiger partial charge in [0, 0.05) is 6.07 Å². The van der Waals surface area contributed by atoms with Crippen molar-refractivity contribution < 1.29 is 14.5 Å². The van der Waals surface area contributed by atoms with Gasteiger partial charge < -0.3 is 9.52 Å². The minimum absolute atomic E-state index is 0.0999. The van der Waals surface area contributed by atoms with Crippen LogP contribution < -0.4 is 10.3 Å². The first-order valence-electron chi connectivity index (χ1n) is 6.76. The molecule has 3 N–H and O–H groups in total. The molecule has 7 heteroatoms. The number of aromatic nitrogens is 3. The lowest BCUT2D eigenvalue weighted by atomic mass is 10.2. The third-order valence-electron chi connectivity index (χ3n) is 3.14. The molecule has 0 aliphatic heterocycles. The first-order chi connectivity index (χ1) is 10.6. The van der Waals surface area contributed by atoms with E-state index in [1.807, 2.05) is 31.3 Å². The number of H-pyrrole nitrogens is 1. The molecule has 2 heterocycles. The standard InChI is InChI=1S/C15H14N4O2S/c1-10(17-13-8-4-5-9-16-13)19-15(22)21-14(18-19)11-6-2-3-7-12(11)20/h2-10,20H,1H3,(H,16,17)/p+1/t10-/m0/s1. The van der Waals surface area contributed by atoms with Gasteiger partial charge in [-0.05, 0) is 37.3 Å². The van der Waals surface area contributed by atoms with Gasteiger partial charge in [0.15, 0.2) is 6.17 Å². The number of rotatable bonds is 4. The topological polar surface area (TPSA) is 77.4 Å². The SMILES string of the molecule is C[C@@H](Nc1cccc[nH+]1)n1nc(-c2ccccc2O)oc1=S. The van der Waals surface area contributed by atoms with Crippen LogP contribution in [0.2, 0.25) is 0 Å². The van der Waals surface area contributed by atoms with Gasteiger partial charge in [-0.2, -0.15) is 4.68 Å². The van der Waals surface area contributed by atoms with Crippen LogP contribution in [0.4, 0.5) is 5.82 Å². The van der Waals surface area contributed by atoms with E-state index in [0.717, 1.165) is 5.82 Å². The zero-order valence-corrected chi connectivity index (χ0v) is 12.7. The molecule has 0 amide bonds. The number of hydrogen-bond donors (Lipinski definition) is 2. The highest BCUT2D eigenvalue weighted by Crippen LogP contribution is 2.28. The predicted octanol–water partition coefficient (Wildman–Crippen LogP) is 3.02. The molecule has 0 saturated heterocycles. The normalized spacial score (nSPS) is 12.0. The highest BCUT2D eigenvalue weighted by Gasteiger charge is 2.18. The van der Waals surface area contributed by atoms with E-state index >= 15 is 0 Å². The Morgan fingerprint density at radius 2 is 2.05 bits per heavy atom. The van der Waals surface area contributed by atoms with Crippen LogP contribution in [0, 0.1) is 4.84 Å². The minimum Gasteiger partial charge on any atom is -0.507 e. The zero-order chi connectivity index (χ0) is 15.5. The predicted molar refractivity (Wildman–Crippen MR) is 83.8 cm³/mol. The lowest BCUT2D eigenvalue weighted by Gasteiger charge is -2.07. The molecule has 0 saturated carbocycles. The lowest BCUT2D eigenvalue weighted by molar-refractivity contribution is -0.361. The fourth-order valence-electron chi connectivity index (χ4n) is 2.07. The first-order valence-corrected chi connectivity index (χ1v) is 7.17. The van der Waals surface area contributed by atoms with E-state index in [2.05, 4.69) is 15.4 Å². The van der Waals surface area contributed by atoms with E-state index < -0.39 is 0 Å². The molecule has 0 unspecified atom stereocenters. The second-order valence-electron chi connectivity index (χ2n) is 4.73. The Balaban J connectivity index is 1.90. The fraction of sp³-hybridized carbons (Fsp3) is 0.133. The van der Waals surface area contributed by atoms with Crippen LogP contribution in [0.5, 0.6) is 5.75 Å². The Kier molecular flexibility index (Phi) is 3.88. The van der Waals surface area contributed by atoms with Gasteiger partial charge in [-0.25, -0.2) is 4.98 Å². The molecule has 112 valence electrons. The average Bonchev–Trinajstić information content (AvgIpc) is 2.90. The summed E-state index contributed by atoms with van der Waals surface area (Å²) in [7, 11) is 0. The van der Waals surface area contributed by atoms with Gasteiger partial charge in [-0.15, -0.1) is 5.10 Å². The van der Waals surface area contributed by atoms with Gasteiger partial charge in [0.1, 0.15) is 5.75 Å². The average molecular weight is 315 g/mol. The van der Waals surface area contributed by atoms with Crippen molar-refractivity contribution in [2.75, 3.05) is 5.32 Å². The molecule has 0 fully saturated rings. The van der Waals surface area contributed by atoms with Gasteiger partial charge in [0.25, 0.3) is 16.5 Å². The van der Waals surface area contributed by atoms with Crippen LogP contribution in [-0.4, -0.2) is 14.9 Å². The highest BCUT2D eigenvalue weighted by molar-refractivity contribution is 7.71. The Morgan fingerprint density at radius 1 is 1.27 bits per heavy atom. The molecular formula is C15H15N4O2S+.